The van der Waals surface area contributed by atoms with Crippen molar-refractivity contribution in [3.05, 3.63) is 89.6 Å². The number of benzene rings is 3. The van der Waals surface area contributed by atoms with Gasteiger partial charge in [0.1, 0.15) is 5.69 Å². The highest BCUT2D eigenvalue weighted by molar-refractivity contribution is 6.18. The van der Waals surface area contributed by atoms with E-state index in [-0.39, 0.29) is 18.1 Å². The van der Waals surface area contributed by atoms with E-state index in [0.29, 0.717) is 22.0 Å². The largest absolute Gasteiger partial charge is 0.462 e. The molecule has 132 valence electrons. The molecule has 1 aromatic heterocycles. The van der Waals surface area contributed by atoms with Crippen molar-refractivity contribution in [2.24, 2.45) is 0 Å². The number of ketones is 1. The van der Waals surface area contributed by atoms with E-state index in [2.05, 4.69) is 4.98 Å². The van der Waals surface area contributed by atoms with Crippen molar-refractivity contribution < 1.29 is 14.3 Å². The number of ether oxygens (including phenoxy) is 1. The van der Waals surface area contributed by atoms with Crippen molar-refractivity contribution in [3.8, 4) is 0 Å². The van der Waals surface area contributed by atoms with Crippen LogP contribution in [0.2, 0.25) is 0 Å². The molecule has 4 nitrogen and oxygen atoms in total. The van der Waals surface area contributed by atoms with Gasteiger partial charge in [-0.05, 0) is 29.8 Å². The molecule has 0 fully saturated rings. The van der Waals surface area contributed by atoms with Crippen molar-refractivity contribution in [2.45, 2.75) is 6.92 Å². The Hall–Kier alpha value is -3.53. The van der Waals surface area contributed by atoms with Crippen LogP contribution in [0.5, 0.6) is 0 Å². The summed E-state index contributed by atoms with van der Waals surface area (Å²) in [4.78, 5) is 30.1. The van der Waals surface area contributed by atoms with E-state index in [9.17, 15) is 9.59 Å². The van der Waals surface area contributed by atoms with Crippen LogP contribution < -0.4 is 0 Å². The molecule has 0 saturated carbocycles. The van der Waals surface area contributed by atoms with E-state index in [1.807, 2.05) is 42.5 Å². The van der Waals surface area contributed by atoms with Gasteiger partial charge in [0.25, 0.3) is 0 Å². The number of hydrogen-bond acceptors (Lipinski definition) is 4. The summed E-state index contributed by atoms with van der Waals surface area (Å²) in [5.74, 6) is -0.681. The second-order valence-electron chi connectivity index (χ2n) is 6.15. The van der Waals surface area contributed by atoms with E-state index in [1.165, 1.54) is 0 Å². The molecule has 0 bridgehead atoms. The molecular formula is C23H17NO3. The average molecular weight is 355 g/mol. The lowest BCUT2D eigenvalue weighted by Gasteiger charge is -2.11. The van der Waals surface area contributed by atoms with Crippen LogP contribution in [0.25, 0.3) is 21.7 Å². The second kappa shape index (κ2) is 7.00. The first kappa shape index (κ1) is 16.9. The van der Waals surface area contributed by atoms with Gasteiger partial charge < -0.3 is 4.74 Å². The fourth-order valence-corrected chi connectivity index (χ4v) is 3.23. The third-order valence-electron chi connectivity index (χ3n) is 4.46. The van der Waals surface area contributed by atoms with Gasteiger partial charge in [-0.15, -0.1) is 0 Å². The molecule has 0 atom stereocenters. The maximum absolute atomic E-state index is 12.9. The minimum atomic E-state index is -0.455. The summed E-state index contributed by atoms with van der Waals surface area (Å²) in [5, 5.41) is 2.61. The highest BCUT2D eigenvalue weighted by atomic mass is 16.5. The third-order valence-corrected chi connectivity index (χ3v) is 4.46. The predicted molar refractivity (Wildman–Crippen MR) is 105 cm³/mol. The summed E-state index contributed by atoms with van der Waals surface area (Å²) in [6, 6.07) is 22.0. The third kappa shape index (κ3) is 3.06. The fraction of sp³-hybridized carbons (Fsp3) is 0.0870. The van der Waals surface area contributed by atoms with Gasteiger partial charge in [0.2, 0.25) is 5.78 Å². The van der Waals surface area contributed by atoms with Gasteiger partial charge in [-0.3, -0.25) is 4.79 Å². The van der Waals surface area contributed by atoms with Crippen molar-refractivity contribution in [1.82, 2.24) is 4.98 Å². The smallest absolute Gasteiger partial charge is 0.338 e. The van der Waals surface area contributed by atoms with Crippen molar-refractivity contribution >= 4 is 33.4 Å². The minimum absolute atomic E-state index is 0.226. The zero-order valence-electron chi connectivity index (χ0n) is 14.8. The summed E-state index contributed by atoms with van der Waals surface area (Å²) >= 11 is 0. The SMILES string of the molecule is CCOC(=O)c1cc(C(=O)c2ccccc2)nc2ccc3ccccc3c12. The van der Waals surface area contributed by atoms with Gasteiger partial charge in [0.05, 0.1) is 17.7 Å². The maximum atomic E-state index is 12.9. The number of hydrogen-bond donors (Lipinski definition) is 0. The number of fused-ring (bicyclic) bond motifs is 3. The van der Waals surface area contributed by atoms with Gasteiger partial charge >= 0.3 is 5.97 Å². The van der Waals surface area contributed by atoms with Crippen LogP contribution in [0.15, 0.2) is 72.8 Å². The van der Waals surface area contributed by atoms with Crippen LogP contribution in [0.1, 0.15) is 33.3 Å². The minimum Gasteiger partial charge on any atom is -0.462 e. The first-order chi connectivity index (χ1) is 13.2. The van der Waals surface area contributed by atoms with Crippen LogP contribution in [0, 0.1) is 0 Å². The Balaban J connectivity index is 1.99. The summed E-state index contributed by atoms with van der Waals surface area (Å²) in [6.45, 7) is 2.02. The van der Waals surface area contributed by atoms with E-state index in [4.69, 9.17) is 4.74 Å². The lowest BCUT2D eigenvalue weighted by molar-refractivity contribution is 0.0528. The Morgan fingerprint density at radius 1 is 0.926 bits per heavy atom. The molecule has 27 heavy (non-hydrogen) atoms. The van der Waals surface area contributed by atoms with Gasteiger partial charge in [0, 0.05) is 10.9 Å². The first-order valence-corrected chi connectivity index (χ1v) is 8.78. The molecule has 0 saturated heterocycles. The van der Waals surface area contributed by atoms with Gasteiger partial charge in [-0.25, -0.2) is 9.78 Å². The molecule has 4 aromatic rings. The highest BCUT2D eigenvalue weighted by Crippen LogP contribution is 2.29. The van der Waals surface area contributed by atoms with Crippen LogP contribution in [0.3, 0.4) is 0 Å². The molecule has 4 heteroatoms. The summed E-state index contributed by atoms with van der Waals surface area (Å²) in [5.41, 5.74) is 1.71. The van der Waals surface area contributed by atoms with Crippen LogP contribution in [-0.4, -0.2) is 23.3 Å². The molecule has 0 radical (unpaired) electrons. The lowest BCUT2D eigenvalue weighted by atomic mass is 9.98. The number of rotatable bonds is 4. The quantitative estimate of drug-likeness (QED) is 0.300. The topological polar surface area (TPSA) is 56.3 Å². The summed E-state index contributed by atoms with van der Waals surface area (Å²) in [7, 11) is 0. The number of esters is 1. The van der Waals surface area contributed by atoms with Gasteiger partial charge in [-0.1, -0.05) is 60.7 Å². The zero-order chi connectivity index (χ0) is 18.8. The zero-order valence-corrected chi connectivity index (χ0v) is 14.8. The van der Waals surface area contributed by atoms with Gasteiger partial charge in [-0.2, -0.15) is 0 Å². The predicted octanol–water partition coefficient (Wildman–Crippen LogP) is 4.80. The molecule has 0 aliphatic rings. The van der Waals surface area contributed by atoms with E-state index >= 15 is 0 Å². The van der Waals surface area contributed by atoms with Crippen molar-refractivity contribution in [1.29, 1.82) is 0 Å². The van der Waals surface area contributed by atoms with Crippen LogP contribution in [-0.2, 0) is 4.74 Å². The first-order valence-electron chi connectivity index (χ1n) is 8.78. The molecule has 0 aliphatic heterocycles. The Kier molecular flexibility index (Phi) is 4.38. The molecule has 0 N–H and O–H groups in total. The molecule has 4 rings (SSSR count). The second-order valence-corrected chi connectivity index (χ2v) is 6.15. The Labute approximate surface area is 156 Å². The summed E-state index contributed by atoms with van der Waals surface area (Å²) < 4.78 is 5.25. The number of nitrogens with zero attached hydrogens (tertiary/aromatic N) is 1. The Morgan fingerprint density at radius 2 is 1.67 bits per heavy atom. The fourth-order valence-electron chi connectivity index (χ4n) is 3.23. The molecule has 1 heterocycles. The highest BCUT2D eigenvalue weighted by Gasteiger charge is 2.20. The van der Waals surface area contributed by atoms with E-state index in [1.54, 1.807) is 37.3 Å². The number of carbonyl (C=O) groups excluding carboxylic acids is 2. The number of carbonyl (C=O) groups is 2. The summed E-state index contributed by atoms with van der Waals surface area (Å²) in [6.07, 6.45) is 0. The average Bonchev–Trinajstić information content (AvgIpc) is 2.73. The molecule has 3 aromatic carbocycles. The van der Waals surface area contributed by atoms with Crippen molar-refractivity contribution in [3.63, 3.8) is 0 Å². The van der Waals surface area contributed by atoms with Crippen LogP contribution >= 0.6 is 0 Å². The maximum Gasteiger partial charge on any atom is 0.338 e. The van der Waals surface area contributed by atoms with E-state index < -0.39 is 5.97 Å². The number of pyridine rings is 1. The monoisotopic (exact) mass is 355 g/mol. The standard InChI is InChI=1S/C23H17NO3/c1-2-27-23(26)18-14-20(22(25)16-9-4-3-5-10-16)24-19-13-12-15-8-6-7-11-17(15)21(18)19/h3-14H,2H2,1H3. The Morgan fingerprint density at radius 3 is 2.44 bits per heavy atom. The Bertz CT molecular complexity index is 1170. The molecular weight excluding hydrogens is 338 g/mol. The molecule has 0 aliphatic carbocycles. The van der Waals surface area contributed by atoms with Crippen molar-refractivity contribution in [2.75, 3.05) is 6.61 Å². The molecule has 0 spiro atoms. The normalized spacial score (nSPS) is 10.9. The van der Waals surface area contributed by atoms with Crippen LogP contribution in [0.4, 0.5) is 0 Å². The molecule has 0 unspecified atom stereocenters. The lowest BCUT2D eigenvalue weighted by Crippen LogP contribution is -2.11. The molecule has 0 amide bonds. The number of aromatic nitrogens is 1. The van der Waals surface area contributed by atoms with E-state index in [0.717, 1.165) is 10.8 Å². The van der Waals surface area contributed by atoms with Gasteiger partial charge in [0.15, 0.2) is 0 Å².